The summed E-state index contributed by atoms with van der Waals surface area (Å²) in [7, 11) is 0. The number of alkyl halides is 1. The van der Waals surface area contributed by atoms with Gasteiger partial charge in [-0.15, -0.1) is 11.6 Å². The predicted octanol–water partition coefficient (Wildman–Crippen LogP) is 2.19. The van der Waals surface area contributed by atoms with Crippen molar-refractivity contribution in [2.75, 3.05) is 12.4 Å². The molecule has 0 aliphatic heterocycles. The third-order valence-corrected chi connectivity index (χ3v) is 1.47. The molecule has 4 heteroatoms. The maximum absolute atomic E-state index is 11.9. The number of carbonyl (C=O) groups excluding carboxylic acids is 1. The van der Waals surface area contributed by atoms with Crippen molar-refractivity contribution in [1.29, 1.82) is 0 Å². The lowest BCUT2D eigenvalue weighted by Crippen LogP contribution is -2.23. The van der Waals surface area contributed by atoms with Gasteiger partial charge in [0.25, 0.3) is 0 Å². The Morgan fingerprint density at radius 1 is 1.43 bits per heavy atom. The molecule has 0 bridgehead atoms. The van der Waals surface area contributed by atoms with Crippen LogP contribution in [-0.4, -0.2) is 18.3 Å². The molecule has 0 aromatic heterocycles. The van der Waals surface area contributed by atoms with E-state index in [2.05, 4.69) is 5.32 Å². The minimum atomic E-state index is -0.178. The zero-order valence-corrected chi connectivity index (χ0v) is 8.72. The molecule has 78 valence electrons. The lowest BCUT2D eigenvalue weighted by atomic mass is 10.4. The Hall–Kier alpha value is -1.09. The van der Waals surface area contributed by atoms with Crippen LogP contribution in [-0.2, 0) is 4.79 Å². The Balaban J connectivity index is 0.000000241. The summed E-state index contributed by atoms with van der Waals surface area (Å²) < 4.78 is 11.9. The Kier molecular flexibility index (Phi) is 7.84. The average Bonchev–Trinajstić information content (AvgIpc) is 2.20. The molecule has 0 aliphatic carbocycles. The van der Waals surface area contributed by atoms with Crippen LogP contribution in [0.5, 0.6) is 0 Å². The van der Waals surface area contributed by atoms with Gasteiger partial charge < -0.3 is 5.32 Å². The molecule has 1 rings (SSSR count). The highest BCUT2D eigenvalue weighted by atomic mass is 35.5. The fourth-order valence-corrected chi connectivity index (χ4v) is 0.754. The maximum Gasteiger partial charge on any atom is 0.234 e. The first-order valence-electron chi connectivity index (χ1n) is 4.24. The van der Waals surface area contributed by atoms with E-state index in [0.29, 0.717) is 6.54 Å². The van der Waals surface area contributed by atoms with E-state index in [0.717, 1.165) is 0 Å². The number of carbonyl (C=O) groups is 1. The summed E-state index contributed by atoms with van der Waals surface area (Å²) in [5.74, 6) is -0.222. The van der Waals surface area contributed by atoms with Crippen LogP contribution < -0.4 is 5.32 Å². The van der Waals surface area contributed by atoms with Crippen LogP contribution in [0.15, 0.2) is 30.3 Å². The molecule has 0 saturated heterocycles. The van der Waals surface area contributed by atoms with E-state index in [4.69, 9.17) is 11.6 Å². The number of hydrogen-bond acceptors (Lipinski definition) is 1. The number of amides is 1. The number of benzene rings is 1. The highest BCUT2D eigenvalue weighted by molar-refractivity contribution is 6.27. The quantitative estimate of drug-likeness (QED) is 0.756. The first kappa shape index (κ1) is 12.9. The van der Waals surface area contributed by atoms with Gasteiger partial charge in [-0.25, -0.2) is 4.39 Å². The summed E-state index contributed by atoms with van der Waals surface area (Å²) in [5, 5.41) is 2.52. The van der Waals surface area contributed by atoms with Crippen LogP contribution >= 0.6 is 11.6 Å². The number of hydrogen-bond donors (Lipinski definition) is 1. The average molecular weight is 218 g/mol. The summed E-state index contributed by atoms with van der Waals surface area (Å²) >= 11 is 5.12. The highest BCUT2D eigenvalue weighted by Crippen LogP contribution is 1.91. The zero-order valence-electron chi connectivity index (χ0n) is 7.97. The van der Waals surface area contributed by atoms with E-state index >= 15 is 0 Å². The van der Waals surface area contributed by atoms with Crippen molar-refractivity contribution < 1.29 is 9.18 Å². The second-order valence-electron chi connectivity index (χ2n) is 2.38. The first-order chi connectivity index (χ1) is 6.70. The largest absolute Gasteiger partial charge is 0.355 e. The molecule has 0 heterocycles. The Bertz CT molecular complexity index is 254. The fourth-order valence-electron chi connectivity index (χ4n) is 0.659. The van der Waals surface area contributed by atoms with Crippen molar-refractivity contribution in [3.05, 3.63) is 36.1 Å². The molecule has 0 unspecified atom stereocenters. The molecule has 1 aromatic carbocycles. The van der Waals surface area contributed by atoms with Gasteiger partial charge in [0.15, 0.2) is 0 Å². The molecule has 0 fully saturated rings. The summed E-state index contributed by atoms with van der Waals surface area (Å²) in [6, 6.07) is 7.94. The van der Waals surface area contributed by atoms with Crippen LogP contribution in [0.25, 0.3) is 0 Å². The maximum atomic E-state index is 11.9. The lowest BCUT2D eigenvalue weighted by Gasteiger charge is -1.92. The van der Waals surface area contributed by atoms with Crippen molar-refractivity contribution in [3.63, 3.8) is 0 Å². The van der Waals surface area contributed by atoms with Gasteiger partial charge in [0.1, 0.15) is 11.7 Å². The van der Waals surface area contributed by atoms with Gasteiger partial charge >= 0.3 is 0 Å². The van der Waals surface area contributed by atoms with E-state index in [1.54, 1.807) is 18.2 Å². The molecule has 1 aromatic rings. The molecule has 14 heavy (non-hydrogen) atoms. The van der Waals surface area contributed by atoms with Gasteiger partial charge in [0, 0.05) is 6.54 Å². The molecule has 0 aliphatic rings. The van der Waals surface area contributed by atoms with E-state index in [9.17, 15) is 9.18 Å². The summed E-state index contributed by atoms with van der Waals surface area (Å²) in [6.07, 6.45) is 0. The minimum absolute atomic E-state index is 0.0633. The summed E-state index contributed by atoms with van der Waals surface area (Å²) in [5.41, 5.74) is 0. The number of rotatable bonds is 2. The summed E-state index contributed by atoms with van der Waals surface area (Å²) in [4.78, 5) is 10.2. The number of halogens is 2. The first-order valence-corrected chi connectivity index (χ1v) is 4.77. The van der Waals surface area contributed by atoms with E-state index in [1.165, 1.54) is 12.1 Å². The molecule has 0 spiro atoms. The SMILES string of the molecule is CCNC(=O)CCl.Fc1ccccc1. The third kappa shape index (κ3) is 7.55. The standard InChI is InChI=1S/C6H5F.C4H8ClNO/c7-6-4-2-1-3-5-6;1-2-6-4(7)3-5/h1-5H;2-3H2,1H3,(H,6,7). The van der Waals surface area contributed by atoms with Crippen LogP contribution in [0.2, 0.25) is 0 Å². The van der Waals surface area contributed by atoms with Crippen molar-refractivity contribution in [2.24, 2.45) is 0 Å². The molecule has 1 amide bonds. The summed E-state index contributed by atoms with van der Waals surface area (Å²) in [6.45, 7) is 2.51. The minimum Gasteiger partial charge on any atom is -0.355 e. The van der Waals surface area contributed by atoms with Gasteiger partial charge in [0.05, 0.1) is 0 Å². The monoisotopic (exact) mass is 217 g/mol. The van der Waals surface area contributed by atoms with Crippen LogP contribution in [0.4, 0.5) is 4.39 Å². The fraction of sp³-hybridized carbons (Fsp3) is 0.300. The van der Waals surface area contributed by atoms with E-state index in [-0.39, 0.29) is 17.6 Å². The Morgan fingerprint density at radius 3 is 2.21 bits per heavy atom. The molecular formula is C10H13ClFNO. The molecule has 1 N–H and O–H groups in total. The van der Waals surface area contributed by atoms with Gasteiger partial charge in [-0.2, -0.15) is 0 Å². The lowest BCUT2D eigenvalue weighted by molar-refractivity contribution is -0.118. The van der Waals surface area contributed by atoms with Crippen molar-refractivity contribution >= 4 is 17.5 Å². The Morgan fingerprint density at radius 2 is 2.00 bits per heavy atom. The zero-order chi connectivity index (χ0) is 10.8. The van der Waals surface area contributed by atoms with Gasteiger partial charge in [0.2, 0.25) is 5.91 Å². The molecular weight excluding hydrogens is 205 g/mol. The van der Waals surface area contributed by atoms with Crippen LogP contribution in [0, 0.1) is 5.82 Å². The normalized spacial score (nSPS) is 8.50. The second kappa shape index (κ2) is 8.51. The van der Waals surface area contributed by atoms with Crippen LogP contribution in [0.3, 0.4) is 0 Å². The predicted molar refractivity (Wildman–Crippen MR) is 55.8 cm³/mol. The van der Waals surface area contributed by atoms with Crippen molar-refractivity contribution in [2.45, 2.75) is 6.92 Å². The molecule has 0 radical (unpaired) electrons. The topological polar surface area (TPSA) is 29.1 Å². The molecule has 0 saturated carbocycles. The van der Waals surface area contributed by atoms with Crippen LogP contribution in [0.1, 0.15) is 6.92 Å². The smallest absolute Gasteiger partial charge is 0.234 e. The van der Waals surface area contributed by atoms with Gasteiger partial charge in [-0.05, 0) is 19.1 Å². The van der Waals surface area contributed by atoms with Crippen molar-refractivity contribution in [1.82, 2.24) is 5.32 Å². The van der Waals surface area contributed by atoms with E-state index < -0.39 is 0 Å². The molecule has 2 nitrogen and oxygen atoms in total. The number of nitrogens with one attached hydrogen (secondary N) is 1. The van der Waals surface area contributed by atoms with E-state index in [1.807, 2.05) is 6.92 Å². The second-order valence-corrected chi connectivity index (χ2v) is 2.65. The Labute approximate surface area is 88.1 Å². The van der Waals surface area contributed by atoms with Gasteiger partial charge in [-0.3, -0.25) is 4.79 Å². The third-order valence-electron chi connectivity index (χ3n) is 1.23. The molecule has 0 atom stereocenters. The van der Waals surface area contributed by atoms with Gasteiger partial charge in [-0.1, -0.05) is 18.2 Å². The highest BCUT2D eigenvalue weighted by Gasteiger charge is 1.90. The van der Waals surface area contributed by atoms with Crippen molar-refractivity contribution in [3.8, 4) is 0 Å².